The van der Waals surface area contributed by atoms with Crippen LogP contribution < -0.4 is 0 Å². The first-order chi connectivity index (χ1) is 10.4. The molecule has 0 amide bonds. The van der Waals surface area contributed by atoms with Gasteiger partial charge < -0.3 is 0 Å². The first-order valence-electron chi connectivity index (χ1n) is 7.04. The van der Waals surface area contributed by atoms with Gasteiger partial charge in [-0.05, 0) is 35.3 Å². The maximum atomic E-state index is 13.9. The molecule has 0 spiro atoms. The molecule has 0 bridgehead atoms. The minimum Gasteiger partial charge on any atom is -0.206 e. The van der Waals surface area contributed by atoms with Crippen LogP contribution in [0, 0.1) is 5.82 Å². The van der Waals surface area contributed by atoms with Crippen molar-refractivity contribution in [3.8, 4) is 11.1 Å². The van der Waals surface area contributed by atoms with Crippen molar-refractivity contribution >= 4 is 6.08 Å². The Morgan fingerprint density at radius 1 is 0.955 bits per heavy atom. The lowest BCUT2D eigenvalue weighted by atomic mass is 10.0. The molecule has 0 unspecified atom stereocenters. The number of hydrogen-bond donors (Lipinski definition) is 0. The highest BCUT2D eigenvalue weighted by atomic mass is 19.4. The van der Waals surface area contributed by atoms with Crippen LogP contribution in [0.1, 0.15) is 24.5 Å². The molecule has 0 atom stereocenters. The van der Waals surface area contributed by atoms with Gasteiger partial charge in [0.15, 0.2) is 0 Å². The van der Waals surface area contributed by atoms with E-state index in [1.165, 1.54) is 17.7 Å². The van der Waals surface area contributed by atoms with E-state index < -0.39 is 12.0 Å². The van der Waals surface area contributed by atoms with Crippen LogP contribution in [0.4, 0.5) is 17.6 Å². The van der Waals surface area contributed by atoms with Gasteiger partial charge in [0.2, 0.25) is 0 Å². The van der Waals surface area contributed by atoms with Crippen molar-refractivity contribution in [3.63, 3.8) is 0 Å². The predicted molar refractivity (Wildman–Crippen MR) is 80.9 cm³/mol. The molecule has 0 aromatic heterocycles. The van der Waals surface area contributed by atoms with Crippen molar-refractivity contribution in [2.75, 3.05) is 0 Å². The number of allylic oxidation sites excluding steroid dienone is 1. The fraction of sp³-hybridized carbons (Fsp3) is 0.222. The van der Waals surface area contributed by atoms with E-state index in [0.717, 1.165) is 24.5 Å². The molecule has 0 N–H and O–H groups in total. The third kappa shape index (κ3) is 4.45. The van der Waals surface area contributed by atoms with Gasteiger partial charge in [-0.15, -0.1) is 0 Å². The van der Waals surface area contributed by atoms with Crippen molar-refractivity contribution < 1.29 is 17.6 Å². The molecule has 0 aliphatic carbocycles. The standard InChI is InChI=1S/C18H16F4/c1-2-3-13-4-6-14(7-5-13)16-9-8-15(17(19)12-16)10-11-18(20,21)22/h4-12H,2-3H2,1H3/b11-10+. The fourth-order valence-electron chi connectivity index (χ4n) is 2.18. The molecular weight excluding hydrogens is 292 g/mol. The summed E-state index contributed by atoms with van der Waals surface area (Å²) in [5.74, 6) is -0.671. The number of rotatable bonds is 4. The fourth-order valence-corrected chi connectivity index (χ4v) is 2.18. The third-order valence-electron chi connectivity index (χ3n) is 3.28. The molecule has 0 aliphatic rings. The SMILES string of the molecule is CCCc1ccc(-c2ccc(/C=C/C(F)(F)F)c(F)c2)cc1. The Bertz CT molecular complexity index is 652. The van der Waals surface area contributed by atoms with Crippen molar-refractivity contribution in [3.05, 3.63) is 65.5 Å². The maximum absolute atomic E-state index is 13.9. The molecule has 2 aromatic rings. The average molecular weight is 308 g/mol. The lowest BCUT2D eigenvalue weighted by molar-refractivity contribution is -0.0790. The minimum absolute atomic E-state index is 0.0324. The van der Waals surface area contributed by atoms with Gasteiger partial charge in [0, 0.05) is 11.6 Å². The van der Waals surface area contributed by atoms with Gasteiger partial charge >= 0.3 is 6.18 Å². The summed E-state index contributed by atoms with van der Waals surface area (Å²) in [5.41, 5.74) is 2.61. The zero-order chi connectivity index (χ0) is 16.2. The van der Waals surface area contributed by atoms with Crippen LogP contribution in [0.25, 0.3) is 17.2 Å². The van der Waals surface area contributed by atoms with Gasteiger partial charge in [-0.1, -0.05) is 49.7 Å². The van der Waals surface area contributed by atoms with Crippen molar-refractivity contribution in [1.82, 2.24) is 0 Å². The van der Waals surface area contributed by atoms with E-state index in [2.05, 4.69) is 6.92 Å². The van der Waals surface area contributed by atoms with Gasteiger partial charge in [-0.25, -0.2) is 4.39 Å². The van der Waals surface area contributed by atoms with Crippen LogP contribution >= 0.6 is 0 Å². The molecule has 0 saturated carbocycles. The highest BCUT2D eigenvalue weighted by Gasteiger charge is 2.22. The zero-order valence-corrected chi connectivity index (χ0v) is 12.1. The summed E-state index contributed by atoms with van der Waals surface area (Å²) in [6.45, 7) is 2.09. The molecule has 0 nitrogen and oxygen atoms in total. The highest BCUT2D eigenvalue weighted by molar-refractivity contribution is 5.66. The third-order valence-corrected chi connectivity index (χ3v) is 3.28. The number of benzene rings is 2. The van der Waals surface area contributed by atoms with Crippen LogP contribution in [-0.2, 0) is 6.42 Å². The summed E-state index contributed by atoms with van der Waals surface area (Å²) in [6.07, 6.45) is -1.64. The predicted octanol–water partition coefficient (Wildman–Crippen LogP) is 6.02. The number of alkyl halides is 3. The van der Waals surface area contributed by atoms with Gasteiger partial charge in [0.05, 0.1) is 0 Å². The van der Waals surface area contributed by atoms with Crippen molar-refractivity contribution in [2.24, 2.45) is 0 Å². The van der Waals surface area contributed by atoms with Gasteiger partial charge in [-0.3, -0.25) is 0 Å². The first-order valence-corrected chi connectivity index (χ1v) is 7.04. The Labute approximate surface area is 127 Å². The van der Waals surface area contributed by atoms with Crippen LogP contribution in [0.3, 0.4) is 0 Å². The average Bonchev–Trinajstić information content (AvgIpc) is 2.46. The van der Waals surface area contributed by atoms with Crippen molar-refractivity contribution in [2.45, 2.75) is 25.9 Å². The second kappa shape index (κ2) is 6.77. The van der Waals surface area contributed by atoms with Gasteiger partial charge in [0.25, 0.3) is 0 Å². The second-order valence-electron chi connectivity index (χ2n) is 5.06. The Kier molecular flexibility index (Phi) is 5.01. The zero-order valence-electron chi connectivity index (χ0n) is 12.1. The molecule has 0 aliphatic heterocycles. The summed E-state index contributed by atoms with van der Waals surface area (Å²) in [4.78, 5) is 0. The molecule has 2 rings (SSSR count). The first kappa shape index (κ1) is 16.3. The monoisotopic (exact) mass is 308 g/mol. The number of hydrogen-bond acceptors (Lipinski definition) is 0. The van der Waals surface area contributed by atoms with E-state index in [1.54, 1.807) is 6.07 Å². The Morgan fingerprint density at radius 3 is 2.14 bits per heavy atom. The molecule has 4 heteroatoms. The van der Waals surface area contributed by atoms with E-state index in [1.807, 2.05) is 24.3 Å². The van der Waals surface area contributed by atoms with Crippen LogP contribution in [0.5, 0.6) is 0 Å². The molecule has 0 fully saturated rings. The smallest absolute Gasteiger partial charge is 0.206 e. The summed E-state index contributed by atoms with van der Waals surface area (Å²) >= 11 is 0. The normalized spacial score (nSPS) is 12.0. The second-order valence-corrected chi connectivity index (χ2v) is 5.06. The Balaban J connectivity index is 2.23. The molecule has 0 saturated heterocycles. The summed E-state index contributed by atoms with van der Waals surface area (Å²) in [7, 11) is 0. The summed E-state index contributed by atoms with van der Waals surface area (Å²) < 4.78 is 50.2. The largest absolute Gasteiger partial charge is 0.409 e. The Morgan fingerprint density at radius 2 is 1.59 bits per heavy atom. The van der Waals surface area contributed by atoms with Crippen LogP contribution in [0.15, 0.2) is 48.5 Å². The topological polar surface area (TPSA) is 0 Å². The Hall–Kier alpha value is -2.10. The van der Waals surface area contributed by atoms with Crippen LogP contribution in [-0.4, -0.2) is 6.18 Å². The number of halogens is 4. The van der Waals surface area contributed by atoms with Crippen molar-refractivity contribution in [1.29, 1.82) is 0 Å². The lowest BCUT2D eigenvalue weighted by Crippen LogP contribution is -2.00. The lowest BCUT2D eigenvalue weighted by Gasteiger charge is -2.06. The van der Waals surface area contributed by atoms with E-state index in [0.29, 0.717) is 5.56 Å². The van der Waals surface area contributed by atoms with Gasteiger partial charge in [-0.2, -0.15) is 13.2 Å². The molecular formula is C18H16F4. The molecule has 116 valence electrons. The summed E-state index contributed by atoms with van der Waals surface area (Å²) in [5, 5.41) is 0. The highest BCUT2D eigenvalue weighted by Crippen LogP contribution is 2.25. The van der Waals surface area contributed by atoms with E-state index >= 15 is 0 Å². The van der Waals surface area contributed by atoms with E-state index in [-0.39, 0.29) is 11.6 Å². The van der Waals surface area contributed by atoms with Gasteiger partial charge in [0.1, 0.15) is 5.82 Å². The molecule has 2 aromatic carbocycles. The minimum atomic E-state index is -4.44. The van der Waals surface area contributed by atoms with E-state index in [4.69, 9.17) is 0 Å². The molecule has 22 heavy (non-hydrogen) atoms. The quantitative estimate of drug-likeness (QED) is 0.606. The molecule has 0 heterocycles. The number of aryl methyl sites for hydroxylation is 1. The van der Waals surface area contributed by atoms with E-state index in [9.17, 15) is 17.6 Å². The molecule has 0 radical (unpaired) electrons. The maximum Gasteiger partial charge on any atom is 0.409 e. The van der Waals surface area contributed by atoms with Crippen LogP contribution in [0.2, 0.25) is 0 Å². The summed E-state index contributed by atoms with van der Waals surface area (Å²) in [6, 6.07) is 12.0.